The molecule has 1 heterocycles. The van der Waals surface area contributed by atoms with Crippen LogP contribution in [0.5, 0.6) is 5.75 Å². The third kappa shape index (κ3) is 3.09. The van der Waals surface area contributed by atoms with Gasteiger partial charge in [0, 0.05) is 6.20 Å². The number of ether oxygens (including phenoxy) is 1. The maximum Gasteiger partial charge on any atom is 0.342 e. The summed E-state index contributed by atoms with van der Waals surface area (Å²) in [6.45, 7) is 5.22. The minimum absolute atomic E-state index is 0.0184. The Morgan fingerprint density at radius 1 is 1.53 bits per heavy atom. The molecule has 1 rings (SSSR count). The number of nitrogens with zero attached hydrogens (tertiary/aromatic N) is 1. The van der Waals surface area contributed by atoms with Gasteiger partial charge in [-0.25, -0.2) is 9.78 Å². The fourth-order valence-corrected chi connectivity index (χ4v) is 1.08. The first kappa shape index (κ1) is 11.8. The van der Waals surface area contributed by atoms with E-state index in [0.717, 1.165) is 0 Å². The van der Waals surface area contributed by atoms with Crippen LogP contribution in [0.1, 0.15) is 31.1 Å². The molecule has 5 heteroatoms. The van der Waals surface area contributed by atoms with Crippen molar-refractivity contribution < 1.29 is 14.6 Å². The average Bonchev–Trinajstić information content (AvgIpc) is 2.06. The van der Waals surface area contributed by atoms with Crippen molar-refractivity contribution in [1.29, 1.82) is 0 Å². The van der Waals surface area contributed by atoms with Crippen LogP contribution in [0.4, 0.5) is 0 Å². The number of aromatic nitrogens is 1. The van der Waals surface area contributed by atoms with Gasteiger partial charge in [0.05, 0.1) is 0 Å². The second-order valence-corrected chi connectivity index (χ2v) is 4.36. The van der Waals surface area contributed by atoms with Crippen LogP contribution in [-0.2, 0) is 4.74 Å². The maximum absolute atomic E-state index is 11.6. The zero-order chi connectivity index (χ0) is 11.6. The SMILES string of the molecule is CC(C)(C)OC(=O)c1ccnc(Cl)c1O. The van der Waals surface area contributed by atoms with E-state index in [1.165, 1.54) is 12.3 Å². The first-order valence-electron chi connectivity index (χ1n) is 4.38. The van der Waals surface area contributed by atoms with Gasteiger partial charge in [0.25, 0.3) is 0 Å². The van der Waals surface area contributed by atoms with Crippen LogP contribution in [0.25, 0.3) is 0 Å². The van der Waals surface area contributed by atoms with Crippen LogP contribution < -0.4 is 0 Å². The normalized spacial score (nSPS) is 11.2. The fraction of sp³-hybridized carbons (Fsp3) is 0.400. The highest BCUT2D eigenvalue weighted by atomic mass is 35.5. The topological polar surface area (TPSA) is 59.4 Å². The van der Waals surface area contributed by atoms with Gasteiger partial charge in [0.2, 0.25) is 0 Å². The van der Waals surface area contributed by atoms with Crippen molar-refractivity contribution in [2.24, 2.45) is 0 Å². The first-order valence-corrected chi connectivity index (χ1v) is 4.76. The van der Waals surface area contributed by atoms with Crippen LogP contribution in [0.2, 0.25) is 5.15 Å². The molecule has 0 radical (unpaired) electrons. The molecule has 0 spiro atoms. The van der Waals surface area contributed by atoms with Crippen molar-refractivity contribution in [3.05, 3.63) is 23.0 Å². The average molecular weight is 230 g/mol. The van der Waals surface area contributed by atoms with Gasteiger partial charge < -0.3 is 9.84 Å². The number of rotatable bonds is 1. The van der Waals surface area contributed by atoms with Crippen LogP contribution >= 0.6 is 11.6 Å². The minimum atomic E-state index is -0.621. The Kier molecular flexibility index (Phi) is 3.19. The van der Waals surface area contributed by atoms with Gasteiger partial charge >= 0.3 is 5.97 Å². The molecule has 0 aliphatic rings. The van der Waals surface area contributed by atoms with E-state index in [2.05, 4.69) is 4.98 Å². The molecule has 15 heavy (non-hydrogen) atoms. The summed E-state index contributed by atoms with van der Waals surface area (Å²) >= 11 is 5.56. The highest BCUT2D eigenvalue weighted by Gasteiger charge is 2.21. The van der Waals surface area contributed by atoms with Gasteiger partial charge in [-0.1, -0.05) is 11.6 Å². The van der Waals surface area contributed by atoms with Crippen molar-refractivity contribution in [3.8, 4) is 5.75 Å². The lowest BCUT2D eigenvalue weighted by Crippen LogP contribution is -2.24. The number of aromatic hydroxyl groups is 1. The molecular weight excluding hydrogens is 218 g/mol. The van der Waals surface area contributed by atoms with E-state index < -0.39 is 11.6 Å². The van der Waals surface area contributed by atoms with E-state index in [1.807, 2.05) is 0 Å². The number of halogens is 1. The lowest BCUT2D eigenvalue weighted by atomic mass is 10.2. The second-order valence-electron chi connectivity index (χ2n) is 4.00. The predicted molar refractivity (Wildman–Crippen MR) is 56.1 cm³/mol. The van der Waals surface area contributed by atoms with Gasteiger partial charge in [-0.05, 0) is 26.8 Å². The number of carbonyl (C=O) groups is 1. The quantitative estimate of drug-likeness (QED) is 0.593. The molecule has 0 aliphatic heterocycles. The molecule has 1 aromatic rings. The fourth-order valence-electron chi connectivity index (χ4n) is 0.926. The van der Waals surface area contributed by atoms with Crippen LogP contribution in [0, 0.1) is 0 Å². The molecule has 82 valence electrons. The molecule has 0 amide bonds. The molecule has 0 fully saturated rings. The molecule has 0 bridgehead atoms. The Labute approximate surface area is 92.8 Å². The molecule has 4 nitrogen and oxygen atoms in total. The Bertz CT molecular complexity index is 385. The summed E-state index contributed by atoms with van der Waals surface area (Å²) < 4.78 is 5.07. The standard InChI is InChI=1S/C10H12ClNO3/c1-10(2,3)15-9(14)6-4-5-12-8(11)7(6)13/h4-5,13H,1-3H3. The van der Waals surface area contributed by atoms with E-state index in [-0.39, 0.29) is 16.5 Å². The zero-order valence-corrected chi connectivity index (χ0v) is 9.50. The molecule has 0 saturated heterocycles. The summed E-state index contributed by atoms with van der Waals surface area (Å²) in [5.41, 5.74) is -0.593. The summed E-state index contributed by atoms with van der Waals surface area (Å²) in [6.07, 6.45) is 1.33. The van der Waals surface area contributed by atoms with Crippen molar-refractivity contribution >= 4 is 17.6 Å². The van der Waals surface area contributed by atoms with E-state index in [0.29, 0.717) is 0 Å². The van der Waals surface area contributed by atoms with Gasteiger partial charge in [0.1, 0.15) is 11.2 Å². The maximum atomic E-state index is 11.6. The lowest BCUT2D eigenvalue weighted by molar-refractivity contribution is 0.00667. The third-order valence-corrected chi connectivity index (χ3v) is 1.78. The molecular formula is C10H12ClNO3. The van der Waals surface area contributed by atoms with E-state index in [4.69, 9.17) is 16.3 Å². The Balaban J connectivity index is 2.97. The largest absolute Gasteiger partial charge is 0.504 e. The van der Waals surface area contributed by atoms with Gasteiger partial charge in [-0.15, -0.1) is 0 Å². The highest BCUT2D eigenvalue weighted by molar-refractivity contribution is 6.31. The Morgan fingerprint density at radius 2 is 2.13 bits per heavy atom. The smallest absolute Gasteiger partial charge is 0.342 e. The van der Waals surface area contributed by atoms with Crippen LogP contribution in [-0.4, -0.2) is 21.7 Å². The molecule has 0 unspecified atom stereocenters. The van der Waals surface area contributed by atoms with Crippen LogP contribution in [0.3, 0.4) is 0 Å². The molecule has 0 atom stereocenters. The molecule has 0 aromatic carbocycles. The summed E-state index contributed by atoms with van der Waals surface area (Å²) in [5.74, 6) is -0.974. The van der Waals surface area contributed by atoms with Crippen molar-refractivity contribution in [3.63, 3.8) is 0 Å². The number of hydrogen-bond donors (Lipinski definition) is 1. The van der Waals surface area contributed by atoms with Crippen molar-refractivity contribution in [2.45, 2.75) is 26.4 Å². The van der Waals surface area contributed by atoms with E-state index in [9.17, 15) is 9.90 Å². The number of hydrogen-bond acceptors (Lipinski definition) is 4. The molecule has 1 aromatic heterocycles. The number of esters is 1. The van der Waals surface area contributed by atoms with E-state index >= 15 is 0 Å². The van der Waals surface area contributed by atoms with Gasteiger partial charge in [0.15, 0.2) is 10.9 Å². The van der Waals surface area contributed by atoms with E-state index in [1.54, 1.807) is 20.8 Å². The minimum Gasteiger partial charge on any atom is -0.504 e. The van der Waals surface area contributed by atoms with Crippen molar-refractivity contribution in [1.82, 2.24) is 4.98 Å². The summed E-state index contributed by atoms with van der Waals surface area (Å²) in [6, 6.07) is 1.36. The van der Waals surface area contributed by atoms with Gasteiger partial charge in [-0.2, -0.15) is 0 Å². The molecule has 1 N–H and O–H groups in total. The second kappa shape index (κ2) is 4.06. The predicted octanol–water partition coefficient (Wildman–Crippen LogP) is 2.40. The van der Waals surface area contributed by atoms with Crippen molar-refractivity contribution in [2.75, 3.05) is 0 Å². The summed E-state index contributed by atoms with van der Waals surface area (Å²) in [7, 11) is 0. The monoisotopic (exact) mass is 229 g/mol. The van der Waals surface area contributed by atoms with Crippen LogP contribution in [0.15, 0.2) is 12.3 Å². The molecule has 0 saturated carbocycles. The Hall–Kier alpha value is -1.29. The lowest BCUT2D eigenvalue weighted by Gasteiger charge is -2.19. The molecule has 0 aliphatic carbocycles. The summed E-state index contributed by atoms with van der Waals surface area (Å²) in [4.78, 5) is 15.2. The third-order valence-electron chi connectivity index (χ3n) is 1.50. The zero-order valence-electron chi connectivity index (χ0n) is 8.74. The number of pyridine rings is 1. The summed E-state index contributed by atoms with van der Waals surface area (Å²) in [5, 5.41) is 9.36. The first-order chi connectivity index (χ1) is 6.81. The Morgan fingerprint density at radius 3 is 2.67 bits per heavy atom. The highest BCUT2D eigenvalue weighted by Crippen LogP contribution is 2.26. The van der Waals surface area contributed by atoms with Gasteiger partial charge in [-0.3, -0.25) is 0 Å². The number of carbonyl (C=O) groups excluding carboxylic acids is 1.